The minimum absolute atomic E-state index is 0.0391. The molecule has 1 aromatic carbocycles. The van der Waals surface area contributed by atoms with Crippen LogP contribution in [0, 0.1) is 5.92 Å². The monoisotopic (exact) mass is 444 g/mol. The predicted molar refractivity (Wildman–Crippen MR) is 109 cm³/mol. The van der Waals surface area contributed by atoms with Crippen molar-refractivity contribution in [2.45, 2.75) is 31.9 Å². The molecule has 2 fully saturated rings. The lowest BCUT2D eigenvalue weighted by Gasteiger charge is -2.36. The van der Waals surface area contributed by atoms with E-state index in [-0.39, 0.29) is 17.4 Å². The number of halogens is 3. The summed E-state index contributed by atoms with van der Waals surface area (Å²) >= 11 is 0. The number of rotatable bonds is 8. The lowest BCUT2D eigenvalue weighted by atomic mass is 9.95. The van der Waals surface area contributed by atoms with Gasteiger partial charge in [0.25, 0.3) is 0 Å². The zero-order chi connectivity index (χ0) is 22.3. The number of morpholine rings is 1. The number of alkyl halides is 3. The van der Waals surface area contributed by atoms with Gasteiger partial charge in [0.2, 0.25) is 5.91 Å². The lowest BCUT2D eigenvalue weighted by molar-refractivity contribution is -0.153. The Bertz CT molecular complexity index is 715. The van der Waals surface area contributed by atoms with E-state index in [0.717, 1.165) is 64.3 Å². The van der Waals surface area contributed by atoms with Gasteiger partial charge >= 0.3 is 6.18 Å². The highest BCUT2D eigenvalue weighted by Crippen LogP contribution is 2.30. The summed E-state index contributed by atoms with van der Waals surface area (Å²) in [6.45, 7) is 4.85. The Morgan fingerprint density at radius 3 is 2.48 bits per heavy atom. The number of likely N-dealkylation sites (tertiary alicyclic amines) is 1. The molecule has 174 valence electrons. The molecule has 1 amide bonds. The molecule has 0 aromatic heterocycles. The maximum absolute atomic E-state index is 12.6. The van der Waals surface area contributed by atoms with Gasteiger partial charge in [0.15, 0.2) is 18.1 Å². The summed E-state index contributed by atoms with van der Waals surface area (Å²) in [6.07, 6.45) is -1.52. The first-order valence-corrected chi connectivity index (χ1v) is 10.8. The summed E-state index contributed by atoms with van der Waals surface area (Å²) < 4.78 is 52.4. The smallest absolute Gasteiger partial charge is 0.422 e. The van der Waals surface area contributed by atoms with E-state index in [1.54, 1.807) is 12.1 Å². The molecule has 0 spiro atoms. The normalized spacial score (nSPS) is 18.8. The lowest BCUT2D eigenvalue weighted by Crippen LogP contribution is -2.44. The van der Waals surface area contributed by atoms with Gasteiger partial charge < -0.3 is 19.1 Å². The first kappa shape index (κ1) is 23.7. The Morgan fingerprint density at radius 2 is 1.84 bits per heavy atom. The Balaban J connectivity index is 1.43. The molecular formula is C22H31F3N2O4. The van der Waals surface area contributed by atoms with Gasteiger partial charge in [0, 0.05) is 39.1 Å². The summed E-state index contributed by atoms with van der Waals surface area (Å²) in [5.74, 6) is 1.01. The number of carbonyl (C=O) groups excluding carboxylic acids is 1. The minimum Gasteiger partial charge on any atom is -0.493 e. The molecule has 0 bridgehead atoms. The highest BCUT2D eigenvalue weighted by atomic mass is 19.4. The molecule has 0 aliphatic carbocycles. The van der Waals surface area contributed by atoms with Gasteiger partial charge in [0.1, 0.15) is 0 Å². The molecule has 9 heteroatoms. The van der Waals surface area contributed by atoms with E-state index in [0.29, 0.717) is 18.8 Å². The fraction of sp³-hybridized carbons (Fsp3) is 0.682. The fourth-order valence-electron chi connectivity index (χ4n) is 4.07. The average molecular weight is 444 g/mol. The molecule has 2 aliphatic heterocycles. The van der Waals surface area contributed by atoms with Crippen LogP contribution in [0.15, 0.2) is 18.2 Å². The van der Waals surface area contributed by atoms with Crippen molar-refractivity contribution in [2.75, 3.05) is 59.7 Å². The zero-order valence-electron chi connectivity index (χ0n) is 18.0. The first-order chi connectivity index (χ1) is 14.8. The second-order valence-corrected chi connectivity index (χ2v) is 8.13. The molecule has 1 aromatic rings. The van der Waals surface area contributed by atoms with Crippen LogP contribution in [0.25, 0.3) is 0 Å². The van der Waals surface area contributed by atoms with Crippen LogP contribution in [0.5, 0.6) is 11.5 Å². The van der Waals surface area contributed by atoms with Crippen LogP contribution in [-0.4, -0.2) is 81.5 Å². The van der Waals surface area contributed by atoms with Crippen molar-refractivity contribution in [2.24, 2.45) is 5.92 Å². The van der Waals surface area contributed by atoms with Crippen LogP contribution in [0.2, 0.25) is 0 Å². The van der Waals surface area contributed by atoms with Crippen molar-refractivity contribution in [1.82, 2.24) is 9.80 Å². The second-order valence-electron chi connectivity index (χ2n) is 8.13. The highest BCUT2D eigenvalue weighted by Gasteiger charge is 2.29. The van der Waals surface area contributed by atoms with Gasteiger partial charge in [-0.25, -0.2) is 0 Å². The van der Waals surface area contributed by atoms with Crippen LogP contribution in [0.4, 0.5) is 13.2 Å². The van der Waals surface area contributed by atoms with E-state index in [9.17, 15) is 18.0 Å². The number of hydrogen-bond donors (Lipinski definition) is 0. The largest absolute Gasteiger partial charge is 0.493 e. The van der Waals surface area contributed by atoms with E-state index >= 15 is 0 Å². The number of methoxy groups -OCH3 is 1. The van der Waals surface area contributed by atoms with Crippen molar-refractivity contribution in [3.8, 4) is 11.5 Å². The molecule has 3 rings (SSSR count). The summed E-state index contributed by atoms with van der Waals surface area (Å²) in [5, 5.41) is 0. The first-order valence-electron chi connectivity index (χ1n) is 10.8. The standard InChI is InChI=1S/C22H31F3N2O4/c1-29-20-14-17(2-4-19(20)31-16-22(23,24)25)3-5-21(28)27-8-6-18(7-9-27)15-26-10-12-30-13-11-26/h2,4,14,18H,3,5-13,15-16H2,1H3. The SMILES string of the molecule is COc1cc(CCC(=O)N2CCC(CN3CCOCC3)CC2)ccc1OCC(F)(F)F. The Hall–Kier alpha value is -2.00. The van der Waals surface area contributed by atoms with Crippen LogP contribution in [0.3, 0.4) is 0 Å². The number of benzene rings is 1. The van der Waals surface area contributed by atoms with E-state index in [4.69, 9.17) is 14.2 Å². The zero-order valence-corrected chi connectivity index (χ0v) is 18.0. The summed E-state index contributed by atoms with van der Waals surface area (Å²) in [7, 11) is 1.38. The van der Waals surface area contributed by atoms with E-state index in [1.165, 1.54) is 13.2 Å². The molecule has 2 aliphatic rings. The number of ether oxygens (including phenoxy) is 3. The van der Waals surface area contributed by atoms with Crippen LogP contribution >= 0.6 is 0 Å². The van der Waals surface area contributed by atoms with Gasteiger partial charge in [-0.1, -0.05) is 6.07 Å². The molecule has 2 heterocycles. The molecule has 0 N–H and O–H groups in total. The molecular weight excluding hydrogens is 413 g/mol. The molecule has 0 saturated carbocycles. The van der Waals surface area contributed by atoms with Gasteiger partial charge in [-0.3, -0.25) is 9.69 Å². The van der Waals surface area contributed by atoms with Gasteiger partial charge in [-0.2, -0.15) is 13.2 Å². The molecule has 31 heavy (non-hydrogen) atoms. The summed E-state index contributed by atoms with van der Waals surface area (Å²) in [4.78, 5) is 17.0. The van der Waals surface area contributed by atoms with Crippen molar-refractivity contribution in [1.29, 1.82) is 0 Å². The van der Waals surface area contributed by atoms with Crippen molar-refractivity contribution in [3.63, 3.8) is 0 Å². The van der Waals surface area contributed by atoms with Crippen LogP contribution < -0.4 is 9.47 Å². The Morgan fingerprint density at radius 1 is 1.13 bits per heavy atom. The highest BCUT2D eigenvalue weighted by molar-refractivity contribution is 5.76. The fourth-order valence-corrected chi connectivity index (χ4v) is 4.07. The van der Waals surface area contributed by atoms with Crippen molar-refractivity contribution < 1.29 is 32.2 Å². The third kappa shape index (κ3) is 7.57. The third-order valence-electron chi connectivity index (χ3n) is 5.83. The summed E-state index contributed by atoms with van der Waals surface area (Å²) in [5.41, 5.74) is 0.826. The topological polar surface area (TPSA) is 51.2 Å². The minimum atomic E-state index is -4.41. The van der Waals surface area contributed by atoms with Crippen molar-refractivity contribution >= 4 is 5.91 Å². The van der Waals surface area contributed by atoms with Crippen molar-refractivity contribution in [3.05, 3.63) is 23.8 Å². The molecule has 6 nitrogen and oxygen atoms in total. The quantitative estimate of drug-likeness (QED) is 0.617. The van der Waals surface area contributed by atoms with Crippen LogP contribution in [-0.2, 0) is 16.0 Å². The average Bonchev–Trinajstić information content (AvgIpc) is 2.77. The van der Waals surface area contributed by atoms with Gasteiger partial charge in [-0.15, -0.1) is 0 Å². The van der Waals surface area contributed by atoms with Crippen LogP contribution in [0.1, 0.15) is 24.8 Å². The van der Waals surface area contributed by atoms with E-state index in [1.807, 2.05) is 4.90 Å². The van der Waals surface area contributed by atoms with Gasteiger partial charge in [-0.05, 0) is 42.9 Å². The van der Waals surface area contributed by atoms with Gasteiger partial charge in [0.05, 0.1) is 20.3 Å². The maximum Gasteiger partial charge on any atom is 0.422 e. The Kier molecular flexibility index (Phi) is 8.43. The molecule has 0 radical (unpaired) electrons. The van der Waals surface area contributed by atoms with E-state index in [2.05, 4.69) is 4.90 Å². The number of piperidine rings is 1. The summed E-state index contributed by atoms with van der Waals surface area (Å²) in [6, 6.07) is 4.77. The molecule has 2 saturated heterocycles. The Labute approximate surface area is 181 Å². The maximum atomic E-state index is 12.6. The number of nitrogens with zero attached hydrogens (tertiary/aromatic N) is 2. The predicted octanol–water partition coefficient (Wildman–Crippen LogP) is 3.14. The third-order valence-corrected chi connectivity index (χ3v) is 5.83. The number of hydrogen-bond acceptors (Lipinski definition) is 5. The second kappa shape index (κ2) is 11.0. The molecule has 0 unspecified atom stereocenters. The number of carbonyl (C=O) groups is 1. The number of amides is 1. The van der Waals surface area contributed by atoms with E-state index < -0.39 is 12.8 Å². The molecule has 0 atom stereocenters. The number of aryl methyl sites for hydroxylation is 1.